The predicted molar refractivity (Wildman–Crippen MR) is 91.4 cm³/mol. The Morgan fingerprint density at radius 1 is 1.23 bits per heavy atom. The molecule has 0 amide bonds. The molecule has 0 atom stereocenters. The van der Waals surface area contributed by atoms with Crippen LogP contribution in [-0.4, -0.2) is 18.1 Å². The van der Waals surface area contributed by atoms with Crippen molar-refractivity contribution >= 4 is 17.3 Å². The molecule has 0 saturated heterocycles. The summed E-state index contributed by atoms with van der Waals surface area (Å²) in [5.41, 5.74) is 2.49. The minimum atomic E-state index is 0.460. The molecule has 1 N–H and O–H groups in total. The third-order valence-electron chi connectivity index (χ3n) is 5.56. The fourth-order valence-electron chi connectivity index (χ4n) is 4.23. The van der Waals surface area contributed by atoms with Crippen molar-refractivity contribution < 1.29 is 4.74 Å². The molecule has 2 saturated carbocycles. The van der Waals surface area contributed by atoms with Crippen molar-refractivity contribution in [3.05, 3.63) is 23.0 Å². The Balaban J connectivity index is 1.60. The molecular weight excluding hydrogens is 296 g/mol. The number of nitrogens with zero attached hydrogens (tertiary/aromatic N) is 1. The van der Waals surface area contributed by atoms with Crippen LogP contribution in [0.3, 0.4) is 0 Å². The number of nitrogens with one attached hydrogen (secondary N) is 1. The fourth-order valence-corrected chi connectivity index (χ4v) is 4.45. The highest BCUT2D eigenvalue weighted by atomic mass is 35.5. The number of anilines is 1. The van der Waals surface area contributed by atoms with Gasteiger partial charge in [0.1, 0.15) is 0 Å². The largest absolute Gasteiger partial charge is 0.381 e. The van der Waals surface area contributed by atoms with E-state index in [1.54, 1.807) is 7.11 Å². The van der Waals surface area contributed by atoms with E-state index in [2.05, 4.69) is 10.3 Å². The van der Waals surface area contributed by atoms with Gasteiger partial charge in [-0.25, -0.2) is 0 Å². The van der Waals surface area contributed by atoms with E-state index in [0.717, 1.165) is 11.4 Å². The topological polar surface area (TPSA) is 34.1 Å². The molecule has 1 aromatic rings. The minimum absolute atomic E-state index is 0.460. The van der Waals surface area contributed by atoms with Gasteiger partial charge in [-0.05, 0) is 50.0 Å². The lowest BCUT2D eigenvalue weighted by molar-refractivity contribution is 0.118. The van der Waals surface area contributed by atoms with Crippen molar-refractivity contribution in [3.8, 4) is 0 Å². The van der Waals surface area contributed by atoms with Crippen LogP contribution in [0, 0.1) is 5.41 Å². The molecule has 122 valence electrons. The summed E-state index contributed by atoms with van der Waals surface area (Å²) in [6.45, 7) is 0.460. The Kier molecular flexibility index (Phi) is 5.25. The molecule has 0 bridgehead atoms. The van der Waals surface area contributed by atoms with Crippen LogP contribution in [0.2, 0.25) is 5.02 Å². The zero-order chi connectivity index (χ0) is 15.4. The van der Waals surface area contributed by atoms with Gasteiger partial charge in [-0.3, -0.25) is 4.98 Å². The van der Waals surface area contributed by atoms with Gasteiger partial charge in [-0.15, -0.1) is 0 Å². The van der Waals surface area contributed by atoms with Crippen molar-refractivity contribution in [2.24, 2.45) is 5.41 Å². The highest BCUT2D eigenvalue weighted by Gasteiger charge is 2.36. The molecule has 4 heteroatoms. The van der Waals surface area contributed by atoms with E-state index in [0.29, 0.717) is 23.1 Å². The molecule has 0 aromatic carbocycles. The van der Waals surface area contributed by atoms with E-state index in [1.165, 1.54) is 57.8 Å². The Hall–Kier alpha value is -0.800. The molecule has 2 fully saturated rings. The van der Waals surface area contributed by atoms with Gasteiger partial charge in [0.05, 0.1) is 23.0 Å². The third-order valence-corrected chi connectivity index (χ3v) is 5.98. The van der Waals surface area contributed by atoms with Crippen molar-refractivity contribution in [1.29, 1.82) is 0 Å². The van der Waals surface area contributed by atoms with Crippen molar-refractivity contribution in [2.45, 2.75) is 70.4 Å². The summed E-state index contributed by atoms with van der Waals surface area (Å²) >= 11 is 6.44. The number of hydrogen-bond acceptors (Lipinski definition) is 3. The lowest BCUT2D eigenvalue weighted by Gasteiger charge is -2.43. The molecule has 3 nitrogen and oxygen atoms in total. The average Bonchev–Trinajstić information content (AvgIpc) is 2.55. The van der Waals surface area contributed by atoms with Crippen LogP contribution in [0.1, 0.15) is 63.5 Å². The molecule has 22 heavy (non-hydrogen) atoms. The van der Waals surface area contributed by atoms with Gasteiger partial charge in [-0.1, -0.05) is 30.9 Å². The van der Waals surface area contributed by atoms with E-state index < -0.39 is 0 Å². The lowest BCUT2D eigenvalue weighted by Crippen LogP contribution is -2.34. The van der Waals surface area contributed by atoms with Crippen molar-refractivity contribution in [3.63, 3.8) is 0 Å². The lowest BCUT2D eigenvalue weighted by atomic mass is 9.64. The number of halogens is 1. The molecule has 1 aromatic heterocycles. The number of rotatable bonds is 4. The van der Waals surface area contributed by atoms with Gasteiger partial charge in [0.2, 0.25) is 0 Å². The van der Waals surface area contributed by atoms with E-state index in [9.17, 15) is 0 Å². The van der Waals surface area contributed by atoms with Crippen LogP contribution >= 0.6 is 11.6 Å². The average molecular weight is 323 g/mol. The van der Waals surface area contributed by atoms with Gasteiger partial charge in [0.15, 0.2) is 0 Å². The standard InChI is InChI=1S/C18H27ClN2O/c1-22-13-16-17(19)15(7-12-20-16)21-14-5-10-18(11-6-14)8-3-2-4-9-18/h7,12,14H,2-6,8-11,13H2,1H3,(H,20,21). The van der Waals surface area contributed by atoms with E-state index in [4.69, 9.17) is 16.3 Å². The molecule has 2 aliphatic rings. The normalized spacial score (nSPS) is 21.9. The van der Waals surface area contributed by atoms with Crippen LogP contribution < -0.4 is 5.32 Å². The van der Waals surface area contributed by atoms with E-state index in [-0.39, 0.29) is 0 Å². The molecule has 3 rings (SSSR count). The van der Waals surface area contributed by atoms with Crippen molar-refractivity contribution in [2.75, 3.05) is 12.4 Å². The number of hydrogen-bond donors (Lipinski definition) is 1. The number of ether oxygens (including phenoxy) is 1. The van der Waals surface area contributed by atoms with Gasteiger partial charge < -0.3 is 10.1 Å². The monoisotopic (exact) mass is 322 g/mol. The predicted octanol–water partition coefficient (Wildman–Crippen LogP) is 5.19. The number of methoxy groups -OCH3 is 1. The maximum Gasteiger partial charge on any atom is 0.0900 e. The minimum Gasteiger partial charge on any atom is -0.381 e. The zero-order valence-electron chi connectivity index (χ0n) is 13.5. The van der Waals surface area contributed by atoms with Gasteiger partial charge in [-0.2, -0.15) is 0 Å². The molecule has 0 radical (unpaired) electrons. The van der Waals surface area contributed by atoms with Crippen LogP contribution in [0.4, 0.5) is 5.69 Å². The number of pyridine rings is 1. The Morgan fingerprint density at radius 2 is 1.95 bits per heavy atom. The molecule has 1 spiro atoms. The summed E-state index contributed by atoms with van der Waals surface area (Å²) in [7, 11) is 1.67. The summed E-state index contributed by atoms with van der Waals surface area (Å²) < 4.78 is 5.15. The molecule has 2 aliphatic carbocycles. The molecular formula is C18H27ClN2O. The van der Waals surface area contributed by atoms with Crippen LogP contribution in [-0.2, 0) is 11.3 Å². The van der Waals surface area contributed by atoms with Crippen LogP contribution in [0.15, 0.2) is 12.3 Å². The summed E-state index contributed by atoms with van der Waals surface area (Å²) in [6, 6.07) is 2.52. The summed E-state index contributed by atoms with van der Waals surface area (Å²) in [5, 5.41) is 4.35. The zero-order valence-corrected chi connectivity index (χ0v) is 14.3. The first-order valence-electron chi connectivity index (χ1n) is 8.61. The quantitative estimate of drug-likeness (QED) is 0.828. The fraction of sp³-hybridized carbons (Fsp3) is 0.722. The van der Waals surface area contributed by atoms with E-state index >= 15 is 0 Å². The van der Waals surface area contributed by atoms with Crippen LogP contribution in [0.25, 0.3) is 0 Å². The molecule has 0 unspecified atom stereocenters. The first-order chi connectivity index (χ1) is 10.7. The second kappa shape index (κ2) is 7.18. The summed E-state index contributed by atoms with van der Waals surface area (Å²) in [5.74, 6) is 0. The Labute approximate surface area is 138 Å². The number of aromatic nitrogens is 1. The van der Waals surface area contributed by atoms with Crippen LogP contribution in [0.5, 0.6) is 0 Å². The van der Waals surface area contributed by atoms with Gasteiger partial charge >= 0.3 is 0 Å². The second-order valence-electron chi connectivity index (χ2n) is 7.03. The molecule has 1 heterocycles. The highest BCUT2D eigenvalue weighted by Crippen LogP contribution is 2.47. The maximum atomic E-state index is 6.44. The first-order valence-corrected chi connectivity index (χ1v) is 8.99. The Morgan fingerprint density at radius 3 is 2.64 bits per heavy atom. The van der Waals surface area contributed by atoms with Crippen molar-refractivity contribution in [1.82, 2.24) is 4.98 Å². The summed E-state index contributed by atoms with van der Waals surface area (Å²) in [6.07, 6.45) is 14.3. The summed E-state index contributed by atoms with van der Waals surface area (Å²) in [4.78, 5) is 4.29. The van der Waals surface area contributed by atoms with E-state index in [1.807, 2.05) is 12.3 Å². The SMILES string of the molecule is COCc1nccc(NC2CCC3(CCCCC3)CC2)c1Cl. The Bertz CT molecular complexity index is 490. The second-order valence-corrected chi connectivity index (χ2v) is 7.41. The highest BCUT2D eigenvalue weighted by molar-refractivity contribution is 6.33. The first kappa shape index (κ1) is 16.1. The maximum absolute atomic E-state index is 6.44. The van der Waals surface area contributed by atoms with Gasteiger partial charge in [0, 0.05) is 19.3 Å². The third kappa shape index (κ3) is 3.57. The van der Waals surface area contributed by atoms with Gasteiger partial charge in [0.25, 0.3) is 0 Å². The molecule has 0 aliphatic heterocycles. The smallest absolute Gasteiger partial charge is 0.0900 e.